The zero-order chi connectivity index (χ0) is 22.6. The Bertz CT molecular complexity index is 1200. The van der Waals surface area contributed by atoms with Crippen LogP contribution in [0.2, 0.25) is 5.02 Å². The lowest BCUT2D eigenvalue weighted by Gasteiger charge is -2.56. The number of aromatic nitrogens is 1. The van der Waals surface area contributed by atoms with E-state index in [2.05, 4.69) is 15.6 Å². The highest BCUT2D eigenvalue weighted by atomic mass is 35.5. The standard InChI is InChI=1S/C26H26ClN3O2S/c27-19-3-1-18(2-4-19)24-29-21-10-20(5-6-22(21)32-24)28-25(33)30-23(31)14-26-11-15-7-16(12-26)9-17(8-15)13-26/h1-6,10,15-17H,7-9,11-14H2,(H2,28,30,31,33). The van der Waals surface area contributed by atoms with E-state index in [1.54, 1.807) is 0 Å². The van der Waals surface area contributed by atoms with Crippen LogP contribution in [-0.4, -0.2) is 16.0 Å². The van der Waals surface area contributed by atoms with Gasteiger partial charge in [-0.25, -0.2) is 4.98 Å². The molecular weight excluding hydrogens is 454 g/mol. The first-order valence-corrected chi connectivity index (χ1v) is 12.5. The number of amides is 1. The quantitative estimate of drug-likeness (QED) is 0.414. The zero-order valence-electron chi connectivity index (χ0n) is 18.3. The second-order valence-corrected chi connectivity index (χ2v) is 11.1. The topological polar surface area (TPSA) is 67.2 Å². The number of fused-ring (bicyclic) bond motifs is 1. The molecule has 0 aliphatic heterocycles. The van der Waals surface area contributed by atoms with E-state index in [0.29, 0.717) is 33.5 Å². The van der Waals surface area contributed by atoms with Gasteiger partial charge in [0, 0.05) is 22.7 Å². The molecule has 1 aromatic heterocycles. The summed E-state index contributed by atoms with van der Waals surface area (Å²) in [6.07, 6.45) is 8.37. The van der Waals surface area contributed by atoms with Gasteiger partial charge in [0.25, 0.3) is 0 Å². The Balaban J connectivity index is 1.10. The first-order valence-electron chi connectivity index (χ1n) is 11.7. The Morgan fingerprint density at radius 1 is 1.06 bits per heavy atom. The fourth-order valence-corrected chi connectivity index (χ4v) is 7.26. The van der Waals surface area contributed by atoms with Crippen molar-refractivity contribution >= 4 is 51.6 Å². The first-order chi connectivity index (χ1) is 15.9. The molecule has 3 aromatic rings. The molecule has 4 bridgehead atoms. The molecule has 0 saturated heterocycles. The molecule has 4 saturated carbocycles. The van der Waals surface area contributed by atoms with Crippen molar-refractivity contribution in [1.29, 1.82) is 0 Å². The van der Waals surface area contributed by atoms with Crippen LogP contribution in [0.1, 0.15) is 44.9 Å². The molecule has 5 nitrogen and oxygen atoms in total. The summed E-state index contributed by atoms with van der Waals surface area (Å²) in [5, 5.41) is 7.03. The van der Waals surface area contributed by atoms with E-state index in [1.165, 1.54) is 38.5 Å². The summed E-state index contributed by atoms with van der Waals surface area (Å²) in [5.74, 6) is 3.07. The van der Waals surface area contributed by atoms with Gasteiger partial charge in [-0.2, -0.15) is 0 Å². The maximum Gasteiger partial charge on any atom is 0.227 e. The van der Waals surface area contributed by atoms with Crippen molar-refractivity contribution in [2.24, 2.45) is 23.2 Å². The van der Waals surface area contributed by atoms with Crippen molar-refractivity contribution in [3.8, 4) is 11.5 Å². The molecule has 33 heavy (non-hydrogen) atoms. The van der Waals surface area contributed by atoms with Crippen molar-refractivity contribution in [3.63, 3.8) is 0 Å². The monoisotopic (exact) mass is 479 g/mol. The van der Waals surface area contributed by atoms with Crippen molar-refractivity contribution in [1.82, 2.24) is 10.3 Å². The lowest BCUT2D eigenvalue weighted by Crippen LogP contribution is -2.48. The van der Waals surface area contributed by atoms with Gasteiger partial charge < -0.3 is 15.1 Å². The molecule has 2 aromatic carbocycles. The van der Waals surface area contributed by atoms with Crippen LogP contribution in [-0.2, 0) is 4.79 Å². The average Bonchev–Trinajstić information content (AvgIpc) is 3.16. The van der Waals surface area contributed by atoms with Gasteiger partial charge in [0.2, 0.25) is 11.8 Å². The smallest absolute Gasteiger partial charge is 0.227 e. The Labute approximate surface area is 203 Å². The van der Waals surface area contributed by atoms with Crippen LogP contribution < -0.4 is 10.6 Å². The van der Waals surface area contributed by atoms with E-state index in [0.717, 1.165) is 29.0 Å². The number of thiocarbonyl (C=S) groups is 1. The molecule has 1 heterocycles. The van der Waals surface area contributed by atoms with Gasteiger partial charge in [-0.1, -0.05) is 11.6 Å². The predicted molar refractivity (Wildman–Crippen MR) is 134 cm³/mol. The molecule has 0 spiro atoms. The van der Waals surface area contributed by atoms with Crippen LogP contribution >= 0.6 is 23.8 Å². The van der Waals surface area contributed by atoms with Crippen LogP contribution in [0, 0.1) is 23.2 Å². The fraction of sp³-hybridized carbons (Fsp3) is 0.423. The SMILES string of the molecule is O=C(CC12CC3CC(CC(C3)C1)C2)NC(=S)Nc1ccc2oc(-c3ccc(Cl)cc3)nc2c1. The summed E-state index contributed by atoms with van der Waals surface area (Å²) < 4.78 is 5.87. The normalized spacial score (nSPS) is 27.6. The lowest BCUT2D eigenvalue weighted by atomic mass is 9.49. The predicted octanol–water partition coefficient (Wildman–Crippen LogP) is 6.57. The fourth-order valence-electron chi connectivity index (χ4n) is 6.90. The van der Waals surface area contributed by atoms with Gasteiger partial charge in [0.05, 0.1) is 0 Å². The maximum absolute atomic E-state index is 12.8. The van der Waals surface area contributed by atoms with Crippen LogP contribution in [0.15, 0.2) is 46.9 Å². The molecule has 7 heteroatoms. The number of halogens is 1. The summed E-state index contributed by atoms with van der Waals surface area (Å²) in [6, 6.07) is 13.0. The number of hydrogen-bond donors (Lipinski definition) is 2. The number of carbonyl (C=O) groups is 1. The summed E-state index contributed by atoms with van der Waals surface area (Å²) >= 11 is 11.4. The summed E-state index contributed by atoms with van der Waals surface area (Å²) in [6.45, 7) is 0. The number of anilines is 1. The van der Waals surface area contributed by atoms with E-state index in [9.17, 15) is 4.79 Å². The van der Waals surface area contributed by atoms with Crippen molar-refractivity contribution in [3.05, 3.63) is 47.5 Å². The van der Waals surface area contributed by atoms with Crippen molar-refractivity contribution in [2.45, 2.75) is 44.9 Å². The van der Waals surface area contributed by atoms with Gasteiger partial charge in [-0.15, -0.1) is 0 Å². The minimum atomic E-state index is 0.0296. The minimum absolute atomic E-state index is 0.0296. The first kappa shape index (κ1) is 21.1. The molecule has 1 amide bonds. The van der Waals surface area contributed by atoms with Crippen LogP contribution in [0.3, 0.4) is 0 Å². The van der Waals surface area contributed by atoms with Gasteiger partial charge >= 0.3 is 0 Å². The summed E-state index contributed by atoms with van der Waals surface area (Å²) in [5.41, 5.74) is 3.22. The Hall–Kier alpha value is -2.44. The van der Waals surface area contributed by atoms with Gasteiger partial charge in [-0.3, -0.25) is 4.79 Å². The number of hydrogen-bond acceptors (Lipinski definition) is 4. The van der Waals surface area contributed by atoms with Gasteiger partial charge in [0.15, 0.2) is 10.7 Å². The van der Waals surface area contributed by atoms with Crippen molar-refractivity contribution in [2.75, 3.05) is 5.32 Å². The minimum Gasteiger partial charge on any atom is -0.436 e. The van der Waals surface area contributed by atoms with E-state index in [4.69, 9.17) is 28.2 Å². The molecule has 4 fully saturated rings. The second-order valence-electron chi connectivity index (χ2n) is 10.3. The third-order valence-corrected chi connectivity index (χ3v) is 8.15. The van der Waals surface area contributed by atoms with Crippen molar-refractivity contribution < 1.29 is 9.21 Å². The molecule has 4 aliphatic carbocycles. The molecule has 0 radical (unpaired) electrons. The van der Waals surface area contributed by atoms with E-state index >= 15 is 0 Å². The lowest BCUT2D eigenvalue weighted by molar-refractivity contribution is -0.127. The molecule has 0 unspecified atom stereocenters. The van der Waals surface area contributed by atoms with Crippen LogP contribution in [0.4, 0.5) is 5.69 Å². The third kappa shape index (κ3) is 4.26. The largest absolute Gasteiger partial charge is 0.436 e. The number of carbonyl (C=O) groups excluding carboxylic acids is 1. The average molecular weight is 480 g/mol. The number of nitrogens with one attached hydrogen (secondary N) is 2. The zero-order valence-corrected chi connectivity index (χ0v) is 19.8. The molecule has 4 aliphatic rings. The Kier molecular flexibility index (Phi) is 5.18. The highest BCUT2D eigenvalue weighted by molar-refractivity contribution is 7.80. The highest BCUT2D eigenvalue weighted by Gasteiger charge is 2.51. The van der Waals surface area contributed by atoms with Crippen LogP contribution in [0.25, 0.3) is 22.6 Å². The summed E-state index contributed by atoms with van der Waals surface area (Å²) in [4.78, 5) is 17.4. The molecule has 7 rings (SSSR count). The Morgan fingerprint density at radius 2 is 1.73 bits per heavy atom. The van der Waals surface area contributed by atoms with Gasteiger partial charge in [0.1, 0.15) is 5.52 Å². The van der Waals surface area contributed by atoms with E-state index < -0.39 is 0 Å². The Morgan fingerprint density at radius 3 is 2.39 bits per heavy atom. The summed E-state index contributed by atoms with van der Waals surface area (Å²) in [7, 11) is 0. The van der Waals surface area contributed by atoms with Gasteiger partial charge in [-0.05, 0) is 116 Å². The number of benzene rings is 2. The number of oxazole rings is 1. The number of nitrogens with zero attached hydrogens (tertiary/aromatic N) is 1. The van der Waals surface area contributed by atoms with E-state index in [1.807, 2.05) is 42.5 Å². The van der Waals surface area contributed by atoms with E-state index in [-0.39, 0.29) is 11.3 Å². The molecular formula is C26H26ClN3O2S. The maximum atomic E-state index is 12.8. The second kappa shape index (κ2) is 8.10. The molecule has 0 atom stereocenters. The van der Waals surface area contributed by atoms with Crippen LogP contribution in [0.5, 0.6) is 0 Å². The third-order valence-electron chi connectivity index (χ3n) is 7.69. The number of rotatable bonds is 4. The molecule has 2 N–H and O–H groups in total. The highest BCUT2D eigenvalue weighted by Crippen LogP contribution is 2.61. The molecule has 170 valence electrons.